The minimum atomic E-state index is -0.965. The van der Waals surface area contributed by atoms with Crippen LogP contribution in [-0.4, -0.2) is 28.6 Å². The molecule has 1 atom stereocenters. The van der Waals surface area contributed by atoms with E-state index in [2.05, 4.69) is 17.2 Å². The topological polar surface area (TPSA) is 62.2 Å². The lowest BCUT2D eigenvalue weighted by atomic mass is 10.1. The van der Waals surface area contributed by atoms with Gasteiger partial charge in [-0.15, -0.1) is 11.3 Å². The molecule has 2 rings (SSSR count). The van der Waals surface area contributed by atoms with Crippen LogP contribution in [0.5, 0.6) is 0 Å². The molecule has 2 N–H and O–H groups in total. The van der Waals surface area contributed by atoms with Gasteiger partial charge in [0.15, 0.2) is 0 Å². The number of nitrogens with one attached hydrogen (secondary N) is 1. The Kier molecular flexibility index (Phi) is 4.87. The molecule has 5 heteroatoms. The molecule has 106 valence electrons. The van der Waals surface area contributed by atoms with Gasteiger partial charge in [0, 0.05) is 23.4 Å². The molecule has 0 fully saturated rings. The van der Waals surface area contributed by atoms with E-state index >= 15 is 0 Å². The number of carbonyl (C=O) groups excluding carboxylic acids is 1. The second kappa shape index (κ2) is 6.63. The number of nitrogens with zero attached hydrogens (tertiary/aromatic N) is 1. The number of amides is 1. The van der Waals surface area contributed by atoms with E-state index in [9.17, 15) is 4.79 Å². The number of aryl methyl sites for hydroxylation is 1. The SMILES string of the molecule is Cc1sc(CCNC(=O)C(C)O)nc1-c1ccccc1. The van der Waals surface area contributed by atoms with Gasteiger partial charge in [-0.05, 0) is 13.8 Å². The summed E-state index contributed by atoms with van der Waals surface area (Å²) in [5, 5.41) is 12.8. The molecule has 2 aromatic rings. The first kappa shape index (κ1) is 14.7. The van der Waals surface area contributed by atoms with E-state index in [-0.39, 0.29) is 5.91 Å². The first-order valence-corrected chi connectivity index (χ1v) is 7.37. The van der Waals surface area contributed by atoms with Gasteiger partial charge in [0.2, 0.25) is 5.91 Å². The zero-order chi connectivity index (χ0) is 14.5. The molecule has 4 nitrogen and oxygen atoms in total. The fourth-order valence-corrected chi connectivity index (χ4v) is 2.82. The van der Waals surface area contributed by atoms with Crippen LogP contribution < -0.4 is 5.32 Å². The van der Waals surface area contributed by atoms with Crippen LogP contribution in [-0.2, 0) is 11.2 Å². The van der Waals surface area contributed by atoms with Crippen LogP contribution in [0.3, 0.4) is 0 Å². The third kappa shape index (κ3) is 3.65. The van der Waals surface area contributed by atoms with Crippen molar-refractivity contribution in [2.45, 2.75) is 26.4 Å². The Balaban J connectivity index is 2.00. The van der Waals surface area contributed by atoms with E-state index < -0.39 is 6.10 Å². The lowest BCUT2D eigenvalue weighted by Crippen LogP contribution is -2.33. The van der Waals surface area contributed by atoms with Crippen LogP contribution in [0.1, 0.15) is 16.8 Å². The quantitative estimate of drug-likeness (QED) is 0.887. The summed E-state index contributed by atoms with van der Waals surface area (Å²) in [6.45, 7) is 4.00. The van der Waals surface area contributed by atoms with Crippen molar-refractivity contribution in [3.05, 3.63) is 40.2 Å². The summed E-state index contributed by atoms with van der Waals surface area (Å²) in [7, 11) is 0. The van der Waals surface area contributed by atoms with Crippen LogP contribution >= 0.6 is 11.3 Å². The van der Waals surface area contributed by atoms with Crippen LogP contribution in [0, 0.1) is 6.92 Å². The Bertz CT molecular complexity index is 579. The molecule has 0 aliphatic carbocycles. The van der Waals surface area contributed by atoms with Gasteiger partial charge < -0.3 is 10.4 Å². The first-order valence-electron chi connectivity index (χ1n) is 6.55. The molecule has 0 bridgehead atoms. The highest BCUT2D eigenvalue weighted by Gasteiger charge is 2.11. The maximum atomic E-state index is 11.2. The second-order valence-corrected chi connectivity index (χ2v) is 5.88. The van der Waals surface area contributed by atoms with Gasteiger partial charge in [0.1, 0.15) is 6.10 Å². The summed E-state index contributed by atoms with van der Waals surface area (Å²) in [5.74, 6) is -0.346. The highest BCUT2D eigenvalue weighted by molar-refractivity contribution is 7.12. The Hall–Kier alpha value is -1.72. The minimum Gasteiger partial charge on any atom is -0.384 e. The smallest absolute Gasteiger partial charge is 0.248 e. The number of hydrogen-bond donors (Lipinski definition) is 2. The molecule has 0 radical (unpaired) electrons. The number of benzene rings is 1. The maximum Gasteiger partial charge on any atom is 0.248 e. The predicted octanol–water partition coefficient (Wildman–Crippen LogP) is 2.16. The standard InChI is InChI=1S/C15H18N2O2S/c1-10(18)15(19)16-9-8-13-17-14(11(2)20-13)12-6-4-3-5-7-12/h3-7,10,18H,8-9H2,1-2H3,(H,16,19). The van der Waals surface area contributed by atoms with Crippen molar-refractivity contribution in [3.8, 4) is 11.3 Å². The third-order valence-corrected chi connectivity index (χ3v) is 3.94. The van der Waals surface area contributed by atoms with Crippen molar-refractivity contribution < 1.29 is 9.90 Å². The third-order valence-electron chi connectivity index (χ3n) is 2.91. The van der Waals surface area contributed by atoms with E-state index in [0.29, 0.717) is 13.0 Å². The van der Waals surface area contributed by atoms with Gasteiger partial charge >= 0.3 is 0 Å². The van der Waals surface area contributed by atoms with Gasteiger partial charge in [0.05, 0.1) is 10.7 Å². The fraction of sp³-hybridized carbons (Fsp3) is 0.333. The van der Waals surface area contributed by atoms with Gasteiger partial charge in [0.25, 0.3) is 0 Å². The molecule has 0 saturated heterocycles. The van der Waals surface area contributed by atoms with E-state index in [0.717, 1.165) is 16.3 Å². The zero-order valence-electron chi connectivity index (χ0n) is 11.6. The molecule has 0 saturated carbocycles. The maximum absolute atomic E-state index is 11.2. The van der Waals surface area contributed by atoms with Crippen molar-refractivity contribution in [2.24, 2.45) is 0 Å². The fourth-order valence-electron chi connectivity index (χ4n) is 1.86. The summed E-state index contributed by atoms with van der Waals surface area (Å²) < 4.78 is 0. The summed E-state index contributed by atoms with van der Waals surface area (Å²) in [4.78, 5) is 17.0. The molecule has 1 aromatic heterocycles. The average Bonchev–Trinajstić information content (AvgIpc) is 2.80. The Morgan fingerprint density at radius 1 is 1.40 bits per heavy atom. The van der Waals surface area contributed by atoms with Gasteiger partial charge in [-0.1, -0.05) is 30.3 Å². The number of carbonyl (C=O) groups is 1. The lowest BCUT2D eigenvalue weighted by Gasteiger charge is -2.05. The number of aromatic nitrogens is 1. The number of hydrogen-bond acceptors (Lipinski definition) is 4. The van der Waals surface area contributed by atoms with E-state index in [1.54, 1.807) is 11.3 Å². The number of aliphatic hydroxyl groups is 1. The van der Waals surface area contributed by atoms with E-state index in [1.807, 2.05) is 30.3 Å². The Morgan fingerprint density at radius 2 is 2.10 bits per heavy atom. The molecule has 0 aliphatic rings. The van der Waals surface area contributed by atoms with Crippen LogP contribution in [0.25, 0.3) is 11.3 Å². The predicted molar refractivity (Wildman–Crippen MR) is 80.7 cm³/mol. The Labute approximate surface area is 122 Å². The summed E-state index contributed by atoms with van der Waals surface area (Å²) in [6, 6.07) is 10.1. The van der Waals surface area contributed by atoms with Crippen LogP contribution in [0.4, 0.5) is 0 Å². The Morgan fingerprint density at radius 3 is 2.75 bits per heavy atom. The van der Waals surface area contributed by atoms with Crippen molar-refractivity contribution in [1.29, 1.82) is 0 Å². The highest BCUT2D eigenvalue weighted by atomic mass is 32.1. The largest absolute Gasteiger partial charge is 0.384 e. The van der Waals surface area contributed by atoms with Crippen molar-refractivity contribution >= 4 is 17.2 Å². The molecular formula is C15H18N2O2S. The van der Waals surface area contributed by atoms with Crippen molar-refractivity contribution in [3.63, 3.8) is 0 Å². The molecule has 1 unspecified atom stereocenters. The molecule has 0 aliphatic heterocycles. The van der Waals surface area contributed by atoms with Crippen molar-refractivity contribution in [2.75, 3.05) is 6.54 Å². The first-order chi connectivity index (χ1) is 9.58. The molecule has 20 heavy (non-hydrogen) atoms. The summed E-state index contributed by atoms with van der Waals surface area (Å²) in [6.07, 6.45) is -0.288. The molecular weight excluding hydrogens is 272 g/mol. The zero-order valence-corrected chi connectivity index (χ0v) is 12.4. The van der Waals surface area contributed by atoms with E-state index in [1.165, 1.54) is 11.8 Å². The minimum absolute atomic E-state index is 0.346. The number of thiazole rings is 1. The van der Waals surface area contributed by atoms with E-state index in [4.69, 9.17) is 5.11 Å². The lowest BCUT2D eigenvalue weighted by molar-refractivity contribution is -0.128. The summed E-state index contributed by atoms with van der Waals surface area (Å²) in [5.41, 5.74) is 2.12. The second-order valence-electron chi connectivity index (χ2n) is 4.60. The molecule has 1 aromatic carbocycles. The van der Waals surface area contributed by atoms with Crippen molar-refractivity contribution in [1.82, 2.24) is 10.3 Å². The molecule has 0 spiro atoms. The average molecular weight is 290 g/mol. The monoisotopic (exact) mass is 290 g/mol. The molecule has 1 amide bonds. The number of rotatable bonds is 5. The van der Waals surface area contributed by atoms with Gasteiger partial charge in [-0.2, -0.15) is 0 Å². The summed E-state index contributed by atoms with van der Waals surface area (Å²) >= 11 is 1.64. The molecule has 1 heterocycles. The van der Waals surface area contributed by atoms with Gasteiger partial charge in [-0.25, -0.2) is 4.98 Å². The van der Waals surface area contributed by atoms with Crippen LogP contribution in [0.2, 0.25) is 0 Å². The van der Waals surface area contributed by atoms with Gasteiger partial charge in [-0.3, -0.25) is 4.79 Å². The van der Waals surface area contributed by atoms with Crippen LogP contribution in [0.15, 0.2) is 30.3 Å². The number of aliphatic hydroxyl groups excluding tert-OH is 1. The highest BCUT2D eigenvalue weighted by Crippen LogP contribution is 2.27. The normalized spacial score (nSPS) is 12.2.